The van der Waals surface area contributed by atoms with Crippen LogP contribution in [0.1, 0.15) is 10.4 Å². The van der Waals surface area contributed by atoms with Crippen LogP contribution in [0.2, 0.25) is 5.02 Å². The average molecular weight is 376 g/mol. The normalized spacial score (nSPS) is 11.0. The molecule has 0 aromatic heterocycles. The molecule has 0 fully saturated rings. The van der Waals surface area contributed by atoms with Gasteiger partial charge in [0.15, 0.2) is 0 Å². The fourth-order valence-electron chi connectivity index (χ4n) is 1.96. The lowest BCUT2D eigenvalue weighted by Gasteiger charge is -2.13. The summed E-state index contributed by atoms with van der Waals surface area (Å²) in [6, 6.07) is 7.43. The number of amides is 1. The summed E-state index contributed by atoms with van der Waals surface area (Å²) < 4.78 is 50.4. The number of carbonyl (C=O) groups is 1. The fourth-order valence-corrected chi connectivity index (χ4v) is 2.20. The monoisotopic (exact) mass is 375 g/mol. The van der Waals surface area contributed by atoms with Crippen molar-refractivity contribution >= 4 is 23.2 Å². The average Bonchev–Trinajstić information content (AvgIpc) is 2.54. The Labute approximate surface area is 146 Å². The summed E-state index contributed by atoms with van der Waals surface area (Å²) in [6.07, 6.45) is -4.79. The lowest BCUT2D eigenvalue weighted by Crippen LogP contribution is -2.17. The van der Waals surface area contributed by atoms with Gasteiger partial charge < -0.3 is 19.5 Å². The van der Waals surface area contributed by atoms with Crippen molar-refractivity contribution in [2.45, 2.75) is 6.36 Å². The van der Waals surface area contributed by atoms with Crippen molar-refractivity contribution in [3.8, 4) is 17.2 Å². The number of anilines is 1. The molecule has 9 heteroatoms. The second-order valence-corrected chi connectivity index (χ2v) is 5.12. The van der Waals surface area contributed by atoms with Crippen LogP contribution in [0, 0.1) is 0 Å². The Hall–Kier alpha value is -2.61. The van der Waals surface area contributed by atoms with Crippen LogP contribution in [0.4, 0.5) is 18.9 Å². The van der Waals surface area contributed by atoms with E-state index in [4.69, 9.17) is 21.1 Å². The fraction of sp³-hybridized carbons (Fsp3) is 0.188. The van der Waals surface area contributed by atoms with Gasteiger partial charge in [0.05, 0.1) is 24.9 Å². The van der Waals surface area contributed by atoms with E-state index < -0.39 is 18.0 Å². The molecule has 0 spiro atoms. The smallest absolute Gasteiger partial charge is 0.495 e. The third-order valence-electron chi connectivity index (χ3n) is 3.07. The highest BCUT2D eigenvalue weighted by Gasteiger charge is 2.31. The molecule has 0 radical (unpaired) electrons. The molecular weight excluding hydrogens is 363 g/mol. The van der Waals surface area contributed by atoms with Gasteiger partial charge in [0.2, 0.25) is 0 Å². The minimum absolute atomic E-state index is 0.128. The van der Waals surface area contributed by atoms with Gasteiger partial charge in [-0.3, -0.25) is 4.79 Å². The number of alkyl halides is 3. The van der Waals surface area contributed by atoms with E-state index in [-0.39, 0.29) is 16.3 Å². The highest BCUT2D eigenvalue weighted by molar-refractivity contribution is 6.32. The second-order valence-electron chi connectivity index (χ2n) is 4.71. The standard InChI is InChI=1S/C16H13ClF3NO4/c1-23-13-8-14(24-2)12(7-11(13)17)21-15(22)9-3-5-10(6-4-9)25-16(18,19)20/h3-8H,1-2H3,(H,21,22). The summed E-state index contributed by atoms with van der Waals surface area (Å²) >= 11 is 6.02. The van der Waals surface area contributed by atoms with Crippen molar-refractivity contribution in [2.24, 2.45) is 0 Å². The van der Waals surface area contributed by atoms with Gasteiger partial charge in [-0.05, 0) is 30.3 Å². The Balaban J connectivity index is 2.18. The van der Waals surface area contributed by atoms with Crippen LogP contribution in [-0.2, 0) is 0 Å². The molecule has 0 unspecified atom stereocenters. The summed E-state index contributed by atoms with van der Waals surface area (Å²) in [6.45, 7) is 0. The predicted molar refractivity (Wildman–Crippen MR) is 85.6 cm³/mol. The maximum atomic E-state index is 12.2. The molecule has 0 aliphatic rings. The van der Waals surface area contributed by atoms with Gasteiger partial charge in [0.1, 0.15) is 17.2 Å². The Morgan fingerprint density at radius 1 is 1.04 bits per heavy atom. The second kappa shape index (κ2) is 7.52. The van der Waals surface area contributed by atoms with Crippen molar-refractivity contribution < 1.29 is 32.2 Å². The SMILES string of the molecule is COc1cc(OC)c(NC(=O)c2ccc(OC(F)(F)F)cc2)cc1Cl. The van der Waals surface area contributed by atoms with Crippen LogP contribution >= 0.6 is 11.6 Å². The molecule has 0 bridgehead atoms. The zero-order valence-corrected chi connectivity index (χ0v) is 13.9. The first-order valence-electron chi connectivity index (χ1n) is 6.82. The number of methoxy groups -OCH3 is 2. The van der Waals surface area contributed by atoms with Gasteiger partial charge in [-0.15, -0.1) is 13.2 Å². The molecule has 0 atom stereocenters. The van der Waals surface area contributed by atoms with Gasteiger partial charge in [-0.1, -0.05) is 11.6 Å². The van der Waals surface area contributed by atoms with Gasteiger partial charge in [0, 0.05) is 11.6 Å². The minimum Gasteiger partial charge on any atom is -0.495 e. The summed E-state index contributed by atoms with van der Waals surface area (Å²) in [7, 11) is 2.84. The van der Waals surface area contributed by atoms with Crippen molar-refractivity contribution in [3.63, 3.8) is 0 Å². The molecular formula is C16H13ClF3NO4. The minimum atomic E-state index is -4.79. The summed E-state index contributed by atoms with van der Waals surface area (Å²) in [5, 5.41) is 2.83. The first kappa shape index (κ1) is 18.7. The number of nitrogens with one attached hydrogen (secondary N) is 1. The number of hydrogen-bond donors (Lipinski definition) is 1. The van der Waals surface area contributed by atoms with Crippen LogP contribution in [0.15, 0.2) is 36.4 Å². The van der Waals surface area contributed by atoms with Crippen LogP contribution in [0.3, 0.4) is 0 Å². The van der Waals surface area contributed by atoms with E-state index >= 15 is 0 Å². The maximum absolute atomic E-state index is 12.2. The first-order chi connectivity index (χ1) is 11.7. The molecule has 2 aromatic rings. The quantitative estimate of drug-likeness (QED) is 0.835. The third kappa shape index (κ3) is 4.93. The van der Waals surface area contributed by atoms with E-state index in [0.29, 0.717) is 11.5 Å². The molecule has 1 N–H and O–H groups in total. The molecule has 1 amide bonds. The third-order valence-corrected chi connectivity index (χ3v) is 3.37. The first-order valence-corrected chi connectivity index (χ1v) is 7.20. The Morgan fingerprint density at radius 3 is 2.16 bits per heavy atom. The molecule has 0 aliphatic heterocycles. The lowest BCUT2D eigenvalue weighted by molar-refractivity contribution is -0.274. The van der Waals surface area contributed by atoms with E-state index in [2.05, 4.69) is 10.1 Å². The van der Waals surface area contributed by atoms with Gasteiger partial charge in [-0.2, -0.15) is 0 Å². The molecule has 134 valence electrons. The van der Waals surface area contributed by atoms with E-state index in [1.165, 1.54) is 38.5 Å². The number of halogens is 4. The molecule has 0 saturated heterocycles. The Morgan fingerprint density at radius 2 is 1.64 bits per heavy atom. The summed E-state index contributed by atoms with van der Waals surface area (Å²) in [5.74, 6) is -0.302. The molecule has 2 rings (SSSR count). The highest BCUT2D eigenvalue weighted by atomic mass is 35.5. The van der Waals surface area contributed by atoms with E-state index in [1.54, 1.807) is 0 Å². The van der Waals surface area contributed by atoms with E-state index in [1.807, 2.05) is 0 Å². The Bertz CT molecular complexity index is 763. The maximum Gasteiger partial charge on any atom is 0.573 e. The molecule has 25 heavy (non-hydrogen) atoms. The lowest BCUT2D eigenvalue weighted by atomic mass is 10.2. The van der Waals surface area contributed by atoms with Crippen LogP contribution in [0.5, 0.6) is 17.2 Å². The van der Waals surface area contributed by atoms with E-state index in [0.717, 1.165) is 12.1 Å². The Kier molecular flexibility index (Phi) is 5.63. The van der Waals surface area contributed by atoms with Crippen molar-refractivity contribution in [2.75, 3.05) is 19.5 Å². The molecule has 0 saturated carbocycles. The summed E-state index contributed by atoms with van der Waals surface area (Å²) in [5.41, 5.74) is 0.414. The van der Waals surface area contributed by atoms with E-state index in [9.17, 15) is 18.0 Å². The van der Waals surface area contributed by atoms with Gasteiger partial charge >= 0.3 is 6.36 Å². The molecule has 5 nitrogen and oxygen atoms in total. The number of carbonyl (C=O) groups excluding carboxylic acids is 1. The largest absolute Gasteiger partial charge is 0.573 e. The van der Waals surface area contributed by atoms with Crippen LogP contribution < -0.4 is 19.5 Å². The molecule has 0 aliphatic carbocycles. The van der Waals surface area contributed by atoms with Crippen LogP contribution in [-0.4, -0.2) is 26.5 Å². The number of ether oxygens (including phenoxy) is 3. The number of benzene rings is 2. The van der Waals surface area contributed by atoms with Crippen molar-refractivity contribution in [1.29, 1.82) is 0 Å². The molecule has 2 aromatic carbocycles. The zero-order valence-electron chi connectivity index (χ0n) is 13.1. The number of rotatable bonds is 5. The zero-order chi connectivity index (χ0) is 18.6. The topological polar surface area (TPSA) is 56.8 Å². The highest BCUT2D eigenvalue weighted by Crippen LogP contribution is 2.36. The summed E-state index contributed by atoms with van der Waals surface area (Å²) in [4.78, 5) is 12.2. The predicted octanol–water partition coefficient (Wildman–Crippen LogP) is 4.51. The van der Waals surface area contributed by atoms with Crippen molar-refractivity contribution in [1.82, 2.24) is 0 Å². The number of hydrogen-bond acceptors (Lipinski definition) is 4. The van der Waals surface area contributed by atoms with Gasteiger partial charge in [-0.25, -0.2) is 0 Å². The molecule has 0 heterocycles. The van der Waals surface area contributed by atoms with Crippen molar-refractivity contribution in [3.05, 3.63) is 47.0 Å². The van der Waals surface area contributed by atoms with Gasteiger partial charge in [0.25, 0.3) is 5.91 Å². The van der Waals surface area contributed by atoms with Crippen LogP contribution in [0.25, 0.3) is 0 Å².